The third kappa shape index (κ3) is 2.93. The molecule has 0 saturated carbocycles. The number of carbonyl (C=O) groups excluding carboxylic acids is 1. The number of ether oxygens (including phenoxy) is 1. The first kappa shape index (κ1) is 20.6. The predicted octanol–water partition coefficient (Wildman–Crippen LogP) is 3.00. The normalized spacial score (nSPS) is 20.0. The summed E-state index contributed by atoms with van der Waals surface area (Å²) < 4.78 is 71.8. The van der Waals surface area contributed by atoms with Crippen LogP contribution in [-0.4, -0.2) is 41.0 Å². The number of sulfonamides is 1. The summed E-state index contributed by atoms with van der Waals surface area (Å²) in [6.45, 7) is 0. The molecule has 0 amide bonds. The summed E-state index contributed by atoms with van der Waals surface area (Å²) in [6, 6.07) is 4.95. The van der Waals surface area contributed by atoms with Crippen molar-refractivity contribution in [3.05, 3.63) is 76.4 Å². The van der Waals surface area contributed by atoms with Crippen molar-refractivity contribution in [2.45, 2.75) is 29.6 Å². The van der Waals surface area contributed by atoms with Gasteiger partial charge in [-0.3, -0.25) is 10.1 Å². The number of nitrogens with one attached hydrogen (secondary N) is 1. The molecule has 0 radical (unpaired) electrons. The maximum Gasteiger partial charge on any atom is 0.433 e. The number of aromatic amines is 1. The summed E-state index contributed by atoms with van der Waals surface area (Å²) >= 11 is 0. The van der Waals surface area contributed by atoms with E-state index in [0.29, 0.717) is 35.4 Å². The van der Waals surface area contributed by atoms with Gasteiger partial charge in [-0.25, -0.2) is 13.2 Å². The number of methoxy groups -OCH3 is 1. The number of esters is 1. The zero-order valence-corrected chi connectivity index (χ0v) is 17.2. The lowest BCUT2D eigenvalue weighted by atomic mass is 9.98. The number of hydrogen-bond acceptors (Lipinski definition) is 6. The Balaban J connectivity index is 1.64. The van der Waals surface area contributed by atoms with Crippen LogP contribution in [0.1, 0.15) is 50.5 Å². The van der Waals surface area contributed by atoms with E-state index in [2.05, 4.69) is 15.2 Å². The van der Waals surface area contributed by atoms with Crippen LogP contribution >= 0.6 is 0 Å². The molecule has 1 aromatic carbocycles. The molecular weight excluding hydrogens is 449 g/mol. The number of rotatable bonds is 3. The lowest BCUT2D eigenvalue weighted by molar-refractivity contribution is -0.141. The Bertz CT molecular complexity index is 1340. The number of H-pyrrole nitrogens is 1. The SMILES string of the molecule is COC(=O)c1ccc2c(c1)C1c3cn[nH]c3CC2N1S(=O)(=O)c1ccc(C(F)(F)F)nc1. The summed E-state index contributed by atoms with van der Waals surface area (Å²) in [5.74, 6) is -0.567. The Kier molecular flexibility index (Phi) is 4.43. The number of nitrogens with zero attached hydrogens (tertiary/aromatic N) is 3. The monoisotopic (exact) mass is 464 g/mol. The van der Waals surface area contributed by atoms with Crippen LogP contribution in [0.2, 0.25) is 0 Å². The zero-order valence-electron chi connectivity index (χ0n) is 16.4. The maximum absolute atomic E-state index is 13.6. The summed E-state index contributed by atoms with van der Waals surface area (Å²) in [5.41, 5.74) is 1.76. The second-order valence-electron chi connectivity index (χ2n) is 7.47. The second-order valence-corrected chi connectivity index (χ2v) is 9.32. The molecule has 8 nitrogen and oxygen atoms in total. The molecule has 0 fully saturated rings. The molecule has 166 valence electrons. The van der Waals surface area contributed by atoms with E-state index in [0.717, 1.165) is 11.8 Å². The van der Waals surface area contributed by atoms with Gasteiger partial charge in [0.15, 0.2) is 0 Å². The van der Waals surface area contributed by atoms with E-state index in [9.17, 15) is 26.4 Å². The fourth-order valence-corrected chi connectivity index (χ4v) is 6.06. The Morgan fingerprint density at radius 3 is 2.59 bits per heavy atom. The van der Waals surface area contributed by atoms with Crippen LogP contribution in [0, 0.1) is 0 Å². The number of hydrogen-bond donors (Lipinski definition) is 1. The van der Waals surface area contributed by atoms with Crippen LogP contribution in [0.3, 0.4) is 0 Å². The molecule has 2 aromatic heterocycles. The summed E-state index contributed by atoms with van der Waals surface area (Å²) in [6.07, 6.45) is -2.15. The van der Waals surface area contributed by atoms with Gasteiger partial charge in [-0.15, -0.1) is 0 Å². The first-order valence-corrected chi connectivity index (χ1v) is 10.9. The van der Waals surface area contributed by atoms with Gasteiger partial charge in [-0.05, 0) is 35.4 Å². The van der Waals surface area contributed by atoms with E-state index >= 15 is 0 Å². The van der Waals surface area contributed by atoms with E-state index in [1.807, 2.05) is 0 Å². The van der Waals surface area contributed by atoms with Gasteiger partial charge in [0.05, 0.1) is 31.0 Å². The number of halogens is 3. The van der Waals surface area contributed by atoms with Crippen molar-refractivity contribution >= 4 is 16.0 Å². The van der Waals surface area contributed by atoms with Crippen molar-refractivity contribution in [2.75, 3.05) is 7.11 Å². The van der Waals surface area contributed by atoms with Crippen molar-refractivity contribution in [2.24, 2.45) is 0 Å². The molecule has 5 rings (SSSR count). The number of pyridine rings is 1. The quantitative estimate of drug-likeness (QED) is 0.598. The van der Waals surface area contributed by atoms with Gasteiger partial charge in [0, 0.05) is 23.9 Å². The number of aromatic nitrogens is 3. The Morgan fingerprint density at radius 2 is 1.94 bits per heavy atom. The summed E-state index contributed by atoms with van der Waals surface area (Å²) in [5, 5.41) is 6.90. The van der Waals surface area contributed by atoms with Crippen molar-refractivity contribution in [3.63, 3.8) is 0 Å². The molecule has 0 saturated heterocycles. The molecule has 2 bridgehead atoms. The molecule has 1 N–H and O–H groups in total. The van der Waals surface area contributed by atoms with Crippen LogP contribution in [0.5, 0.6) is 0 Å². The Hall–Kier alpha value is -3.25. The molecule has 0 spiro atoms. The fraction of sp³-hybridized carbons (Fsp3) is 0.250. The lowest BCUT2D eigenvalue weighted by Crippen LogP contribution is -2.37. The van der Waals surface area contributed by atoms with Gasteiger partial charge >= 0.3 is 12.1 Å². The highest BCUT2D eigenvalue weighted by Gasteiger charge is 2.51. The average Bonchev–Trinajstić information content (AvgIpc) is 3.34. The zero-order chi connectivity index (χ0) is 22.8. The number of carbonyl (C=O) groups is 1. The molecule has 2 aliphatic heterocycles. The predicted molar refractivity (Wildman–Crippen MR) is 103 cm³/mol. The van der Waals surface area contributed by atoms with Gasteiger partial charge < -0.3 is 4.74 Å². The highest BCUT2D eigenvalue weighted by molar-refractivity contribution is 7.89. The van der Waals surface area contributed by atoms with Gasteiger partial charge in [0.1, 0.15) is 10.6 Å². The van der Waals surface area contributed by atoms with Gasteiger partial charge in [0.25, 0.3) is 0 Å². The van der Waals surface area contributed by atoms with Crippen LogP contribution in [0.15, 0.2) is 47.6 Å². The minimum atomic E-state index is -4.68. The van der Waals surface area contributed by atoms with Crippen molar-refractivity contribution < 1.29 is 31.1 Å². The Labute approximate surface area is 180 Å². The van der Waals surface area contributed by atoms with Crippen molar-refractivity contribution in [3.8, 4) is 0 Å². The minimum absolute atomic E-state index is 0.261. The van der Waals surface area contributed by atoms with Gasteiger partial charge in [0.2, 0.25) is 10.0 Å². The van der Waals surface area contributed by atoms with E-state index in [1.165, 1.54) is 17.6 Å². The third-order valence-electron chi connectivity index (χ3n) is 5.77. The molecule has 0 aliphatic carbocycles. The lowest BCUT2D eigenvalue weighted by Gasteiger charge is -2.33. The number of alkyl halides is 3. The standard InChI is InChI=1S/C20H15F3N4O4S/c1-31-19(28)10-2-4-12-13(6-10)18-14-9-25-26-15(14)7-16(12)27(18)32(29,30)11-3-5-17(24-8-11)20(21,22)23/h2-6,8-9,16,18H,7H2,1H3,(H,25,26). The molecule has 3 aromatic rings. The molecule has 2 unspecified atom stereocenters. The molecule has 2 aliphatic rings. The van der Waals surface area contributed by atoms with Crippen LogP contribution < -0.4 is 0 Å². The third-order valence-corrected chi connectivity index (χ3v) is 7.63. The molecule has 4 heterocycles. The highest BCUT2D eigenvalue weighted by atomic mass is 32.2. The van der Waals surface area contributed by atoms with Gasteiger partial charge in [-0.2, -0.15) is 22.6 Å². The molecule has 32 heavy (non-hydrogen) atoms. The van der Waals surface area contributed by atoms with E-state index in [-0.39, 0.29) is 10.5 Å². The summed E-state index contributed by atoms with van der Waals surface area (Å²) in [4.78, 5) is 15.0. The van der Waals surface area contributed by atoms with E-state index in [1.54, 1.807) is 18.2 Å². The topological polar surface area (TPSA) is 105 Å². The Morgan fingerprint density at radius 1 is 1.16 bits per heavy atom. The highest BCUT2D eigenvalue weighted by Crippen LogP contribution is 2.53. The van der Waals surface area contributed by atoms with Crippen LogP contribution in [0.25, 0.3) is 0 Å². The average molecular weight is 464 g/mol. The van der Waals surface area contributed by atoms with Crippen molar-refractivity contribution in [1.29, 1.82) is 0 Å². The minimum Gasteiger partial charge on any atom is -0.465 e. The maximum atomic E-state index is 13.6. The molecular formula is C20H15F3N4O4S. The number of benzene rings is 1. The van der Waals surface area contributed by atoms with E-state index in [4.69, 9.17) is 4.74 Å². The van der Waals surface area contributed by atoms with Crippen molar-refractivity contribution in [1.82, 2.24) is 19.5 Å². The first-order chi connectivity index (χ1) is 15.1. The molecule has 2 atom stereocenters. The fourth-order valence-electron chi connectivity index (χ4n) is 4.36. The smallest absolute Gasteiger partial charge is 0.433 e. The van der Waals surface area contributed by atoms with Crippen LogP contribution in [0.4, 0.5) is 13.2 Å². The van der Waals surface area contributed by atoms with E-state index < -0.39 is 39.9 Å². The van der Waals surface area contributed by atoms with Crippen LogP contribution in [-0.2, 0) is 27.4 Å². The second kappa shape index (κ2) is 6.87. The first-order valence-electron chi connectivity index (χ1n) is 9.44. The van der Waals surface area contributed by atoms with Gasteiger partial charge in [-0.1, -0.05) is 6.07 Å². The number of fused-ring (bicyclic) bond motifs is 7. The summed E-state index contributed by atoms with van der Waals surface area (Å²) in [7, 11) is -2.99. The molecule has 12 heteroatoms. The largest absolute Gasteiger partial charge is 0.465 e.